The molecule has 0 rings (SSSR count). The van der Waals surface area contributed by atoms with Gasteiger partial charge in [-0.05, 0) is 0 Å². The number of amides is 2. The number of urea groups is 1. The Labute approximate surface area is 63.7 Å². The first-order valence-corrected chi connectivity index (χ1v) is 2.94. The maximum absolute atomic E-state index is 10.7. The zero-order valence-corrected chi connectivity index (χ0v) is 6.07. The standard InChI is InChI=1S/C5H8N4O2/c1-9(8-11)5(10)7-4-2-3-6/h2,4H2,1H3,(H,7,10). The van der Waals surface area contributed by atoms with Crippen LogP contribution in [0.25, 0.3) is 0 Å². The smallest absolute Gasteiger partial charge is 0.335 e. The van der Waals surface area contributed by atoms with Crippen molar-refractivity contribution in [3.63, 3.8) is 0 Å². The zero-order valence-electron chi connectivity index (χ0n) is 6.07. The van der Waals surface area contributed by atoms with E-state index >= 15 is 0 Å². The Morgan fingerprint density at radius 2 is 2.45 bits per heavy atom. The molecular formula is C5H8N4O2. The molecule has 0 aliphatic rings. The van der Waals surface area contributed by atoms with E-state index in [2.05, 4.69) is 10.6 Å². The van der Waals surface area contributed by atoms with Gasteiger partial charge in [-0.25, -0.2) is 4.79 Å². The second-order valence-corrected chi connectivity index (χ2v) is 1.75. The fourth-order valence-electron chi connectivity index (χ4n) is 0.377. The van der Waals surface area contributed by atoms with Crippen LogP contribution in [0.2, 0.25) is 0 Å². The number of nitroso groups, excluding NO2 is 1. The zero-order chi connectivity index (χ0) is 8.69. The molecule has 11 heavy (non-hydrogen) atoms. The van der Waals surface area contributed by atoms with Gasteiger partial charge in [-0.15, -0.1) is 4.91 Å². The minimum atomic E-state index is -0.602. The van der Waals surface area contributed by atoms with Crippen molar-refractivity contribution in [2.24, 2.45) is 5.29 Å². The molecule has 0 spiro atoms. The molecule has 0 aromatic rings. The summed E-state index contributed by atoms with van der Waals surface area (Å²) >= 11 is 0. The molecule has 2 amide bonds. The van der Waals surface area contributed by atoms with E-state index < -0.39 is 6.03 Å². The van der Waals surface area contributed by atoms with Crippen LogP contribution in [-0.2, 0) is 0 Å². The van der Waals surface area contributed by atoms with Crippen molar-refractivity contribution in [1.82, 2.24) is 10.3 Å². The van der Waals surface area contributed by atoms with Crippen molar-refractivity contribution < 1.29 is 4.79 Å². The molecule has 0 saturated heterocycles. The van der Waals surface area contributed by atoms with Crippen LogP contribution in [0.15, 0.2) is 5.29 Å². The minimum absolute atomic E-state index is 0.221. The fraction of sp³-hybridized carbons (Fsp3) is 0.600. The van der Waals surface area contributed by atoms with Gasteiger partial charge in [0.2, 0.25) is 0 Å². The molecule has 6 nitrogen and oxygen atoms in total. The molecule has 0 aliphatic carbocycles. The largest absolute Gasteiger partial charge is 0.340 e. The number of hydrogen-bond donors (Lipinski definition) is 1. The first kappa shape index (κ1) is 9.36. The molecule has 0 bridgehead atoms. The fourth-order valence-corrected chi connectivity index (χ4v) is 0.377. The normalized spacial score (nSPS) is 8.00. The van der Waals surface area contributed by atoms with Gasteiger partial charge < -0.3 is 5.32 Å². The Morgan fingerprint density at radius 1 is 1.82 bits per heavy atom. The summed E-state index contributed by atoms with van der Waals surface area (Å²) in [6, 6.07) is 1.24. The van der Waals surface area contributed by atoms with Crippen LogP contribution in [0.3, 0.4) is 0 Å². The van der Waals surface area contributed by atoms with E-state index in [-0.39, 0.29) is 13.0 Å². The number of nitrogens with one attached hydrogen (secondary N) is 1. The summed E-state index contributed by atoms with van der Waals surface area (Å²) in [6.45, 7) is 0.231. The Morgan fingerprint density at radius 3 is 2.91 bits per heavy atom. The summed E-state index contributed by atoms with van der Waals surface area (Å²) in [5.41, 5.74) is 0. The van der Waals surface area contributed by atoms with Gasteiger partial charge in [0.1, 0.15) is 0 Å². The van der Waals surface area contributed by atoms with Gasteiger partial charge in [0.05, 0.1) is 17.8 Å². The van der Waals surface area contributed by atoms with E-state index in [4.69, 9.17) is 5.26 Å². The van der Waals surface area contributed by atoms with Crippen molar-refractivity contribution in [2.75, 3.05) is 13.6 Å². The molecule has 0 fully saturated rings. The van der Waals surface area contributed by atoms with E-state index in [0.29, 0.717) is 5.01 Å². The van der Waals surface area contributed by atoms with Crippen molar-refractivity contribution in [2.45, 2.75) is 6.42 Å². The van der Waals surface area contributed by atoms with Crippen molar-refractivity contribution in [3.05, 3.63) is 4.91 Å². The Kier molecular flexibility index (Phi) is 4.40. The lowest BCUT2D eigenvalue weighted by Gasteiger charge is -2.06. The third kappa shape index (κ3) is 3.86. The topological polar surface area (TPSA) is 85.6 Å². The molecule has 6 heteroatoms. The molecular weight excluding hydrogens is 148 g/mol. The number of rotatable bonds is 3. The van der Waals surface area contributed by atoms with Crippen LogP contribution >= 0.6 is 0 Å². The number of nitrogens with zero attached hydrogens (tertiary/aromatic N) is 3. The van der Waals surface area contributed by atoms with Gasteiger partial charge in [0.25, 0.3) is 0 Å². The van der Waals surface area contributed by atoms with Gasteiger partial charge >= 0.3 is 6.03 Å². The maximum Gasteiger partial charge on any atom is 0.340 e. The van der Waals surface area contributed by atoms with Crippen molar-refractivity contribution in [3.8, 4) is 6.07 Å². The van der Waals surface area contributed by atoms with Crippen LogP contribution in [0.4, 0.5) is 4.79 Å². The second kappa shape index (κ2) is 5.17. The van der Waals surface area contributed by atoms with E-state index in [1.54, 1.807) is 0 Å². The van der Waals surface area contributed by atoms with Crippen LogP contribution < -0.4 is 5.32 Å². The monoisotopic (exact) mass is 156 g/mol. The average molecular weight is 156 g/mol. The molecule has 0 aromatic heterocycles. The number of nitriles is 1. The molecule has 0 unspecified atom stereocenters. The summed E-state index contributed by atoms with van der Waals surface area (Å²) in [4.78, 5) is 20.4. The lowest BCUT2D eigenvalue weighted by Crippen LogP contribution is -2.34. The summed E-state index contributed by atoms with van der Waals surface area (Å²) in [5, 5.41) is 13.4. The third-order valence-corrected chi connectivity index (χ3v) is 0.929. The molecule has 0 aromatic carbocycles. The summed E-state index contributed by atoms with van der Waals surface area (Å²) in [5.74, 6) is 0. The van der Waals surface area contributed by atoms with Gasteiger partial charge in [0.15, 0.2) is 0 Å². The Balaban J connectivity index is 3.54. The first-order chi connectivity index (χ1) is 5.22. The van der Waals surface area contributed by atoms with Crippen LogP contribution in [-0.4, -0.2) is 24.6 Å². The van der Waals surface area contributed by atoms with Gasteiger partial charge in [-0.2, -0.15) is 10.3 Å². The molecule has 60 valence electrons. The number of carbonyl (C=O) groups excluding carboxylic acids is 1. The van der Waals surface area contributed by atoms with E-state index in [1.807, 2.05) is 6.07 Å². The highest BCUT2D eigenvalue weighted by atomic mass is 16.3. The predicted molar refractivity (Wildman–Crippen MR) is 37.2 cm³/mol. The first-order valence-electron chi connectivity index (χ1n) is 2.94. The van der Waals surface area contributed by atoms with Gasteiger partial charge in [-0.1, -0.05) is 0 Å². The summed E-state index contributed by atoms with van der Waals surface area (Å²) < 4.78 is 0. The third-order valence-electron chi connectivity index (χ3n) is 0.929. The molecule has 0 heterocycles. The lowest BCUT2D eigenvalue weighted by atomic mass is 10.5. The summed E-state index contributed by atoms with van der Waals surface area (Å²) in [6.07, 6.45) is 0.221. The van der Waals surface area contributed by atoms with E-state index in [0.717, 1.165) is 0 Å². The molecule has 0 atom stereocenters. The quantitative estimate of drug-likeness (QED) is 0.360. The van der Waals surface area contributed by atoms with Crippen LogP contribution in [0, 0.1) is 16.2 Å². The highest BCUT2D eigenvalue weighted by molar-refractivity contribution is 5.73. The van der Waals surface area contributed by atoms with Crippen LogP contribution in [0.1, 0.15) is 6.42 Å². The molecule has 0 radical (unpaired) electrons. The van der Waals surface area contributed by atoms with E-state index in [9.17, 15) is 9.70 Å². The van der Waals surface area contributed by atoms with Gasteiger partial charge in [0, 0.05) is 13.6 Å². The predicted octanol–water partition coefficient (Wildman–Crippen LogP) is 0.223. The maximum atomic E-state index is 10.7. The molecule has 1 N–H and O–H groups in total. The van der Waals surface area contributed by atoms with Gasteiger partial charge in [-0.3, -0.25) is 0 Å². The molecule has 0 aliphatic heterocycles. The highest BCUT2D eigenvalue weighted by Crippen LogP contribution is 1.83. The van der Waals surface area contributed by atoms with Crippen molar-refractivity contribution >= 4 is 6.03 Å². The Bertz CT molecular complexity index is 185. The Hall–Kier alpha value is -1.64. The molecule has 0 saturated carbocycles. The van der Waals surface area contributed by atoms with Crippen LogP contribution in [0.5, 0.6) is 0 Å². The SMILES string of the molecule is CN(N=O)C(=O)NCCC#N. The average Bonchev–Trinajstić information content (AvgIpc) is 2.03. The highest BCUT2D eigenvalue weighted by Gasteiger charge is 2.05. The number of hydrogen-bond acceptors (Lipinski definition) is 4. The lowest BCUT2D eigenvalue weighted by molar-refractivity contribution is 0.210. The number of carbonyl (C=O) groups is 1. The van der Waals surface area contributed by atoms with Crippen molar-refractivity contribution in [1.29, 1.82) is 5.26 Å². The summed E-state index contributed by atoms with van der Waals surface area (Å²) in [7, 11) is 1.23. The van der Waals surface area contributed by atoms with E-state index in [1.165, 1.54) is 7.05 Å². The minimum Gasteiger partial charge on any atom is -0.335 e. The second-order valence-electron chi connectivity index (χ2n) is 1.75.